The van der Waals surface area contributed by atoms with E-state index in [0.717, 1.165) is 35.4 Å². The number of nitrogens with zero attached hydrogens (tertiary/aromatic N) is 2. The van der Waals surface area contributed by atoms with Crippen molar-refractivity contribution in [2.24, 2.45) is 5.92 Å². The van der Waals surface area contributed by atoms with E-state index in [2.05, 4.69) is 43.0 Å². The van der Waals surface area contributed by atoms with Crippen molar-refractivity contribution in [2.45, 2.75) is 46.1 Å². The fourth-order valence-electron chi connectivity index (χ4n) is 1.40. The minimum absolute atomic E-state index is 0.682. The lowest BCUT2D eigenvalue weighted by molar-refractivity contribution is 0.748. The Balaban J connectivity index is 2.85. The molecule has 0 aliphatic rings. The highest BCUT2D eigenvalue weighted by Crippen LogP contribution is 2.26. The molecule has 0 spiro atoms. The maximum absolute atomic E-state index is 4.53. The van der Waals surface area contributed by atoms with E-state index in [1.54, 1.807) is 0 Å². The van der Waals surface area contributed by atoms with Crippen molar-refractivity contribution in [1.82, 2.24) is 9.97 Å². The van der Waals surface area contributed by atoms with Crippen LogP contribution in [-0.4, -0.2) is 22.3 Å². The summed E-state index contributed by atoms with van der Waals surface area (Å²) in [5.41, 5.74) is 1.18. The van der Waals surface area contributed by atoms with Crippen LogP contribution in [0, 0.1) is 19.8 Å². The molecule has 1 rings (SSSR count). The molecule has 0 bridgehead atoms. The van der Waals surface area contributed by atoms with Gasteiger partial charge in [0.05, 0.1) is 0 Å². The fourth-order valence-corrected chi connectivity index (χ4v) is 2.41. The van der Waals surface area contributed by atoms with Crippen LogP contribution in [0.5, 0.6) is 0 Å². The number of aryl methyl sites for hydroxylation is 1. The van der Waals surface area contributed by atoms with Crippen LogP contribution in [-0.2, 0) is 0 Å². The molecule has 1 heterocycles. The second-order valence-electron chi connectivity index (χ2n) is 4.68. The van der Waals surface area contributed by atoms with Crippen molar-refractivity contribution in [3.05, 3.63) is 11.4 Å². The Hall–Kier alpha value is -0.770. The van der Waals surface area contributed by atoms with Gasteiger partial charge in [0.25, 0.3) is 0 Å². The molecule has 96 valence electrons. The summed E-state index contributed by atoms with van der Waals surface area (Å²) in [7, 11) is 0. The lowest BCUT2D eigenvalue weighted by Gasteiger charge is -2.12. The number of hydrogen-bond donors (Lipinski definition) is 1. The molecule has 0 saturated heterocycles. The first-order valence-corrected chi connectivity index (χ1v) is 7.25. The van der Waals surface area contributed by atoms with Gasteiger partial charge in [-0.15, -0.1) is 11.8 Å². The Labute approximate surface area is 109 Å². The maximum Gasteiger partial charge on any atom is 0.133 e. The summed E-state index contributed by atoms with van der Waals surface area (Å²) >= 11 is 1.83. The molecule has 0 fully saturated rings. The van der Waals surface area contributed by atoms with Crippen LogP contribution in [0.25, 0.3) is 0 Å². The molecule has 3 nitrogen and oxygen atoms in total. The predicted molar refractivity (Wildman–Crippen MR) is 75.8 cm³/mol. The first kappa shape index (κ1) is 14.3. The van der Waals surface area contributed by atoms with Crippen molar-refractivity contribution >= 4 is 17.6 Å². The van der Waals surface area contributed by atoms with E-state index in [4.69, 9.17) is 0 Å². The Morgan fingerprint density at radius 3 is 2.53 bits per heavy atom. The highest BCUT2D eigenvalue weighted by molar-refractivity contribution is 7.99. The summed E-state index contributed by atoms with van der Waals surface area (Å²) in [5.74, 6) is 3.62. The molecule has 4 heteroatoms. The van der Waals surface area contributed by atoms with Crippen molar-refractivity contribution in [3.63, 3.8) is 0 Å². The third-order valence-electron chi connectivity index (χ3n) is 2.31. The zero-order valence-corrected chi connectivity index (χ0v) is 12.3. The van der Waals surface area contributed by atoms with Crippen LogP contribution in [0.3, 0.4) is 0 Å². The molecule has 0 aliphatic heterocycles. The lowest BCUT2D eigenvalue weighted by atomic mass is 10.3. The van der Waals surface area contributed by atoms with Gasteiger partial charge < -0.3 is 5.32 Å². The fraction of sp³-hybridized carbons (Fsp3) is 0.692. The number of nitrogens with one attached hydrogen (secondary N) is 1. The van der Waals surface area contributed by atoms with Gasteiger partial charge in [-0.3, -0.25) is 0 Å². The summed E-state index contributed by atoms with van der Waals surface area (Å²) in [6, 6.07) is 0. The van der Waals surface area contributed by atoms with Gasteiger partial charge in [0, 0.05) is 17.9 Å². The minimum atomic E-state index is 0.682. The first-order valence-electron chi connectivity index (χ1n) is 6.26. The smallest absolute Gasteiger partial charge is 0.133 e. The van der Waals surface area contributed by atoms with Gasteiger partial charge in [-0.2, -0.15) is 0 Å². The zero-order chi connectivity index (χ0) is 12.8. The second-order valence-corrected chi connectivity index (χ2v) is 5.69. The number of aromatic nitrogens is 2. The summed E-state index contributed by atoms with van der Waals surface area (Å²) in [6.45, 7) is 11.6. The maximum atomic E-state index is 4.53. The van der Waals surface area contributed by atoms with Gasteiger partial charge in [-0.05, 0) is 26.2 Å². The SMILES string of the molecule is CCCNc1nc(C)nc(SCC(C)C)c1C. The molecule has 1 N–H and O–H groups in total. The molecule has 0 atom stereocenters. The molecule has 0 amide bonds. The van der Waals surface area contributed by atoms with Gasteiger partial charge in [0.1, 0.15) is 16.7 Å². The third-order valence-corrected chi connectivity index (χ3v) is 3.81. The van der Waals surface area contributed by atoms with Gasteiger partial charge in [0.15, 0.2) is 0 Å². The topological polar surface area (TPSA) is 37.8 Å². The molecule has 1 aromatic rings. The molecule has 17 heavy (non-hydrogen) atoms. The van der Waals surface area contributed by atoms with E-state index in [0.29, 0.717) is 5.92 Å². The standard InChI is InChI=1S/C13H23N3S/c1-6-7-14-12-10(4)13(16-11(5)15-12)17-8-9(2)3/h9H,6-8H2,1-5H3,(H,14,15,16). The molecule has 0 aliphatic carbocycles. The van der Waals surface area contributed by atoms with Crippen LogP contribution in [0.1, 0.15) is 38.6 Å². The lowest BCUT2D eigenvalue weighted by Crippen LogP contribution is -2.07. The molecule has 1 aromatic heterocycles. The van der Waals surface area contributed by atoms with E-state index in [1.165, 1.54) is 5.56 Å². The van der Waals surface area contributed by atoms with E-state index < -0.39 is 0 Å². The molecular weight excluding hydrogens is 230 g/mol. The van der Waals surface area contributed by atoms with Crippen LogP contribution in [0.15, 0.2) is 5.03 Å². The molecule has 0 radical (unpaired) electrons. The van der Waals surface area contributed by atoms with E-state index in [1.807, 2.05) is 18.7 Å². The first-order chi connectivity index (χ1) is 8.04. The predicted octanol–water partition coefficient (Wildman–Crippen LogP) is 3.66. The van der Waals surface area contributed by atoms with Gasteiger partial charge >= 0.3 is 0 Å². The van der Waals surface area contributed by atoms with E-state index >= 15 is 0 Å². The van der Waals surface area contributed by atoms with Gasteiger partial charge in [-0.25, -0.2) is 9.97 Å². The molecular formula is C13H23N3S. The Bertz CT molecular complexity index is 364. The van der Waals surface area contributed by atoms with Gasteiger partial charge in [0.2, 0.25) is 0 Å². The number of anilines is 1. The second kappa shape index (κ2) is 6.84. The monoisotopic (exact) mass is 253 g/mol. The summed E-state index contributed by atoms with van der Waals surface area (Å²) < 4.78 is 0. The van der Waals surface area contributed by atoms with Crippen molar-refractivity contribution in [1.29, 1.82) is 0 Å². The summed E-state index contributed by atoms with van der Waals surface area (Å²) in [6.07, 6.45) is 1.11. The highest BCUT2D eigenvalue weighted by atomic mass is 32.2. The zero-order valence-electron chi connectivity index (χ0n) is 11.5. The summed E-state index contributed by atoms with van der Waals surface area (Å²) in [5, 5.41) is 4.48. The van der Waals surface area contributed by atoms with Crippen LogP contribution >= 0.6 is 11.8 Å². The highest BCUT2D eigenvalue weighted by Gasteiger charge is 2.09. The van der Waals surface area contributed by atoms with E-state index in [-0.39, 0.29) is 0 Å². The quantitative estimate of drug-likeness (QED) is 0.620. The number of thioether (sulfide) groups is 1. The van der Waals surface area contributed by atoms with Crippen LogP contribution in [0.2, 0.25) is 0 Å². The largest absolute Gasteiger partial charge is 0.370 e. The number of rotatable bonds is 6. The van der Waals surface area contributed by atoms with Crippen LogP contribution < -0.4 is 5.32 Å². The molecule has 0 saturated carbocycles. The average Bonchev–Trinajstić information content (AvgIpc) is 2.27. The van der Waals surface area contributed by atoms with E-state index in [9.17, 15) is 0 Å². The molecule has 0 aromatic carbocycles. The van der Waals surface area contributed by atoms with Crippen molar-refractivity contribution in [3.8, 4) is 0 Å². The van der Waals surface area contributed by atoms with Crippen molar-refractivity contribution in [2.75, 3.05) is 17.6 Å². The number of hydrogen-bond acceptors (Lipinski definition) is 4. The Morgan fingerprint density at radius 2 is 1.94 bits per heavy atom. The van der Waals surface area contributed by atoms with Gasteiger partial charge in [-0.1, -0.05) is 20.8 Å². The Kier molecular flexibility index (Phi) is 5.75. The minimum Gasteiger partial charge on any atom is -0.370 e. The van der Waals surface area contributed by atoms with Crippen LogP contribution in [0.4, 0.5) is 5.82 Å². The molecule has 0 unspecified atom stereocenters. The Morgan fingerprint density at radius 1 is 1.24 bits per heavy atom. The third kappa shape index (κ3) is 4.54. The average molecular weight is 253 g/mol. The summed E-state index contributed by atoms with van der Waals surface area (Å²) in [4.78, 5) is 8.99. The normalized spacial score (nSPS) is 10.9. The van der Waals surface area contributed by atoms with Crippen molar-refractivity contribution < 1.29 is 0 Å².